The van der Waals surface area contributed by atoms with Gasteiger partial charge in [0.25, 0.3) is 0 Å². The van der Waals surface area contributed by atoms with Crippen LogP contribution >= 0.6 is 21.6 Å². The molecule has 6 rings (SSSR count). The molecule has 38 heavy (non-hydrogen) atoms. The lowest BCUT2D eigenvalue weighted by atomic mass is 10.1. The third kappa shape index (κ3) is 6.17. The number of benzene rings is 2. The predicted molar refractivity (Wildman–Crippen MR) is 152 cm³/mol. The number of rotatable bonds is 11. The number of hydrogen-bond donors (Lipinski definition) is 0. The highest BCUT2D eigenvalue weighted by Gasteiger charge is 2.17. The van der Waals surface area contributed by atoms with Crippen molar-refractivity contribution in [2.75, 3.05) is 26.4 Å². The van der Waals surface area contributed by atoms with E-state index in [0.29, 0.717) is 26.4 Å². The first-order valence-corrected chi connectivity index (χ1v) is 15.5. The number of fused-ring (bicyclic) bond motifs is 2. The maximum absolute atomic E-state index is 6.01. The zero-order chi connectivity index (χ0) is 25.6. The molecule has 2 unspecified atom stereocenters. The van der Waals surface area contributed by atoms with Gasteiger partial charge in [-0.2, -0.15) is 0 Å². The van der Waals surface area contributed by atoms with Crippen molar-refractivity contribution < 1.29 is 18.9 Å². The van der Waals surface area contributed by atoms with Crippen molar-refractivity contribution >= 4 is 43.4 Å². The van der Waals surface area contributed by atoms with Gasteiger partial charge in [-0.3, -0.25) is 9.97 Å². The van der Waals surface area contributed by atoms with Crippen molar-refractivity contribution in [3.05, 3.63) is 72.1 Å². The highest BCUT2D eigenvalue weighted by molar-refractivity contribution is 8.76. The summed E-state index contributed by atoms with van der Waals surface area (Å²) in [4.78, 5) is 11.7. The fraction of sp³-hybridized carbons (Fsp3) is 0.400. The molecule has 0 N–H and O–H groups in total. The first kappa shape index (κ1) is 26.0. The SMILES string of the molecule is c1cc(SSc2cccc3c(COCC4CCCO4)ccnc23)c2nccc(COCC3CCCO3)c2c1. The minimum atomic E-state index is 0.230. The van der Waals surface area contributed by atoms with E-state index in [-0.39, 0.29) is 12.2 Å². The average molecular weight is 549 g/mol. The highest BCUT2D eigenvalue weighted by Crippen LogP contribution is 2.42. The van der Waals surface area contributed by atoms with Crippen molar-refractivity contribution in [1.82, 2.24) is 9.97 Å². The Balaban J connectivity index is 1.15. The second-order valence-corrected chi connectivity index (χ2v) is 11.9. The summed E-state index contributed by atoms with van der Waals surface area (Å²) < 4.78 is 23.4. The molecular formula is C30H32N2O4S2. The van der Waals surface area contributed by atoms with Crippen LogP contribution in [0.3, 0.4) is 0 Å². The van der Waals surface area contributed by atoms with E-state index in [1.807, 2.05) is 12.4 Å². The summed E-state index contributed by atoms with van der Waals surface area (Å²) in [5, 5.41) is 2.26. The maximum Gasteiger partial charge on any atom is 0.0850 e. The van der Waals surface area contributed by atoms with Gasteiger partial charge in [0.15, 0.2) is 0 Å². The molecule has 0 bridgehead atoms. The number of para-hydroxylation sites is 2. The van der Waals surface area contributed by atoms with E-state index in [1.165, 1.54) is 0 Å². The van der Waals surface area contributed by atoms with Gasteiger partial charge in [-0.15, -0.1) is 0 Å². The first-order valence-electron chi connectivity index (χ1n) is 13.3. The fourth-order valence-corrected chi connectivity index (χ4v) is 7.32. The molecule has 0 aliphatic carbocycles. The van der Waals surface area contributed by atoms with Crippen molar-refractivity contribution in [1.29, 1.82) is 0 Å². The van der Waals surface area contributed by atoms with Gasteiger partial charge in [-0.1, -0.05) is 45.9 Å². The molecule has 2 atom stereocenters. The molecule has 0 spiro atoms. The molecule has 0 amide bonds. The molecule has 2 aliphatic heterocycles. The van der Waals surface area contributed by atoms with E-state index >= 15 is 0 Å². The number of pyridine rings is 2. The minimum Gasteiger partial charge on any atom is -0.376 e. The Hall–Kier alpha value is -2.20. The van der Waals surface area contributed by atoms with Gasteiger partial charge in [0.05, 0.1) is 49.7 Å². The molecule has 2 aliphatic rings. The van der Waals surface area contributed by atoms with Crippen LogP contribution in [0.25, 0.3) is 21.8 Å². The molecule has 4 heterocycles. The lowest BCUT2D eigenvalue weighted by Crippen LogP contribution is -2.13. The number of aromatic nitrogens is 2. The van der Waals surface area contributed by atoms with Crippen LogP contribution in [0.1, 0.15) is 36.8 Å². The Morgan fingerprint density at radius 1 is 0.684 bits per heavy atom. The molecule has 2 aromatic carbocycles. The van der Waals surface area contributed by atoms with Gasteiger partial charge >= 0.3 is 0 Å². The summed E-state index contributed by atoms with van der Waals surface area (Å²) in [6.07, 6.45) is 8.64. The van der Waals surface area contributed by atoms with Crippen LogP contribution < -0.4 is 0 Å². The fourth-order valence-electron chi connectivity index (χ4n) is 5.04. The zero-order valence-electron chi connectivity index (χ0n) is 21.3. The Bertz CT molecular complexity index is 1270. The lowest BCUT2D eigenvalue weighted by molar-refractivity contribution is 0.0109. The first-order chi connectivity index (χ1) is 18.8. The van der Waals surface area contributed by atoms with Crippen LogP contribution in [0.15, 0.2) is 70.7 Å². The van der Waals surface area contributed by atoms with E-state index in [1.54, 1.807) is 21.6 Å². The second kappa shape index (κ2) is 12.8. The van der Waals surface area contributed by atoms with E-state index in [4.69, 9.17) is 28.9 Å². The van der Waals surface area contributed by atoms with Crippen LogP contribution in [0.5, 0.6) is 0 Å². The molecule has 0 saturated carbocycles. The molecule has 8 heteroatoms. The Morgan fingerprint density at radius 3 is 1.63 bits per heavy atom. The maximum atomic E-state index is 6.01. The monoisotopic (exact) mass is 548 g/mol. The molecule has 198 valence electrons. The molecular weight excluding hydrogens is 516 g/mol. The molecule has 2 fully saturated rings. The van der Waals surface area contributed by atoms with Crippen molar-refractivity contribution in [3.63, 3.8) is 0 Å². The van der Waals surface area contributed by atoms with Crippen LogP contribution in [-0.4, -0.2) is 48.6 Å². The van der Waals surface area contributed by atoms with Gasteiger partial charge in [0, 0.05) is 46.2 Å². The summed E-state index contributed by atoms with van der Waals surface area (Å²) in [5.41, 5.74) is 4.30. The molecule has 2 saturated heterocycles. The smallest absolute Gasteiger partial charge is 0.0850 e. The summed E-state index contributed by atoms with van der Waals surface area (Å²) in [6, 6.07) is 16.8. The van der Waals surface area contributed by atoms with Crippen molar-refractivity contribution in [2.24, 2.45) is 0 Å². The number of nitrogens with zero attached hydrogens (tertiary/aromatic N) is 2. The van der Waals surface area contributed by atoms with Gasteiger partial charge in [-0.25, -0.2) is 0 Å². The second-order valence-electron chi connectivity index (χ2n) is 9.71. The molecule has 4 aromatic rings. The third-order valence-electron chi connectivity index (χ3n) is 7.04. The van der Waals surface area contributed by atoms with E-state index in [2.05, 4.69) is 48.5 Å². The van der Waals surface area contributed by atoms with Gasteiger partial charge in [0.2, 0.25) is 0 Å². The summed E-state index contributed by atoms with van der Waals surface area (Å²) in [6.45, 7) is 4.10. The Kier molecular flexibility index (Phi) is 8.75. The zero-order valence-corrected chi connectivity index (χ0v) is 23.0. The van der Waals surface area contributed by atoms with Crippen LogP contribution in [0, 0.1) is 0 Å². The minimum absolute atomic E-state index is 0.230. The highest BCUT2D eigenvalue weighted by atomic mass is 33.1. The number of ether oxygens (including phenoxy) is 4. The normalized spacial score (nSPS) is 19.6. The lowest BCUT2D eigenvalue weighted by Gasteiger charge is -2.13. The summed E-state index contributed by atoms with van der Waals surface area (Å²) in [5.74, 6) is 0. The van der Waals surface area contributed by atoms with Crippen molar-refractivity contribution in [2.45, 2.75) is 60.9 Å². The van der Waals surface area contributed by atoms with Gasteiger partial charge < -0.3 is 18.9 Å². The Labute approximate surface area is 231 Å². The van der Waals surface area contributed by atoms with E-state index in [0.717, 1.165) is 81.6 Å². The van der Waals surface area contributed by atoms with E-state index < -0.39 is 0 Å². The largest absolute Gasteiger partial charge is 0.376 e. The predicted octanol–water partition coefficient (Wildman–Crippen LogP) is 6.97. The number of hydrogen-bond acceptors (Lipinski definition) is 8. The van der Waals surface area contributed by atoms with Crippen LogP contribution in [0.4, 0.5) is 0 Å². The van der Waals surface area contributed by atoms with Gasteiger partial charge in [0.1, 0.15) is 0 Å². The summed E-state index contributed by atoms with van der Waals surface area (Å²) in [7, 11) is 3.43. The molecule has 6 nitrogen and oxygen atoms in total. The standard InChI is InChI=1S/C30H32N2O4S2/c1-7-25-21(17-33-19-23-5-3-15-35-23)11-13-31-29(25)27(9-1)37-38-28-10-2-8-26-22(12-14-32-30(26)28)18-34-20-24-6-4-16-36-24/h1-2,7-14,23-24H,3-6,15-20H2. The average Bonchev–Trinajstić information content (AvgIpc) is 3.67. The van der Waals surface area contributed by atoms with E-state index in [9.17, 15) is 0 Å². The summed E-state index contributed by atoms with van der Waals surface area (Å²) >= 11 is 0. The quantitative estimate of drug-likeness (QED) is 0.186. The van der Waals surface area contributed by atoms with Crippen LogP contribution in [0.2, 0.25) is 0 Å². The van der Waals surface area contributed by atoms with Crippen LogP contribution in [-0.2, 0) is 32.2 Å². The molecule has 2 aromatic heterocycles. The van der Waals surface area contributed by atoms with Gasteiger partial charge in [-0.05, 0) is 61.1 Å². The Morgan fingerprint density at radius 2 is 1.18 bits per heavy atom. The topological polar surface area (TPSA) is 62.7 Å². The third-order valence-corrected chi connectivity index (χ3v) is 9.47. The molecule has 0 radical (unpaired) electrons. The van der Waals surface area contributed by atoms with Crippen molar-refractivity contribution in [3.8, 4) is 0 Å².